The van der Waals surface area contributed by atoms with Crippen LogP contribution >= 0.6 is 11.3 Å². The minimum atomic E-state index is -0.126. The molecule has 31 heavy (non-hydrogen) atoms. The van der Waals surface area contributed by atoms with Crippen LogP contribution in [0.4, 0.5) is 11.4 Å². The van der Waals surface area contributed by atoms with Gasteiger partial charge in [0.2, 0.25) is 0 Å². The molecule has 0 atom stereocenters. The first kappa shape index (κ1) is 19.7. The number of H-pyrrole nitrogens is 1. The van der Waals surface area contributed by atoms with Crippen molar-refractivity contribution in [2.24, 2.45) is 5.92 Å². The van der Waals surface area contributed by atoms with Crippen molar-refractivity contribution in [2.45, 2.75) is 25.7 Å². The Labute approximate surface area is 183 Å². The smallest absolute Gasteiger partial charge is 0.318 e. The minimum Gasteiger partial charge on any atom is -0.338 e. The van der Waals surface area contributed by atoms with Crippen molar-refractivity contribution in [1.29, 1.82) is 0 Å². The van der Waals surface area contributed by atoms with E-state index in [2.05, 4.69) is 15.3 Å². The molecule has 0 radical (unpaired) electrons. The van der Waals surface area contributed by atoms with Gasteiger partial charge in [-0.1, -0.05) is 12.8 Å². The molecule has 2 heterocycles. The zero-order valence-corrected chi connectivity index (χ0v) is 17.7. The third-order valence-electron chi connectivity index (χ3n) is 5.77. The maximum Gasteiger partial charge on any atom is 0.318 e. The summed E-state index contributed by atoms with van der Waals surface area (Å²) in [6.07, 6.45) is 4.35. The van der Waals surface area contributed by atoms with E-state index in [-0.39, 0.29) is 17.7 Å². The first-order valence-corrected chi connectivity index (χ1v) is 11.4. The molecule has 5 rings (SSSR count). The number of imidazole rings is 1. The van der Waals surface area contributed by atoms with Gasteiger partial charge in [-0.25, -0.2) is 9.78 Å². The van der Waals surface area contributed by atoms with E-state index in [1.54, 1.807) is 11.4 Å². The normalized spacial score (nSPS) is 14.2. The third-order valence-corrected chi connectivity index (χ3v) is 6.46. The molecule has 0 spiro atoms. The van der Waals surface area contributed by atoms with Crippen LogP contribution in [0.1, 0.15) is 36.0 Å². The topological polar surface area (TPSA) is 91.5 Å². The van der Waals surface area contributed by atoms with Crippen molar-refractivity contribution in [2.75, 3.05) is 5.32 Å². The molecule has 0 bridgehead atoms. The van der Waals surface area contributed by atoms with E-state index in [0.29, 0.717) is 11.3 Å². The Hall–Kier alpha value is -3.29. The highest BCUT2D eigenvalue weighted by Gasteiger charge is 2.26. The number of anilines is 1. The highest BCUT2D eigenvalue weighted by Crippen LogP contribution is 2.25. The number of nitrogens with zero attached hydrogens (tertiary/aromatic N) is 1. The molecule has 156 valence electrons. The number of nitrogens with one attached hydrogen (secondary N) is 2. The van der Waals surface area contributed by atoms with Gasteiger partial charge in [0.05, 0.1) is 22.5 Å². The maximum atomic E-state index is 12.4. The van der Waals surface area contributed by atoms with E-state index in [9.17, 15) is 9.59 Å². The summed E-state index contributed by atoms with van der Waals surface area (Å²) in [6.45, 7) is 0. The second-order valence-corrected chi connectivity index (χ2v) is 8.71. The summed E-state index contributed by atoms with van der Waals surface area (Å²) in [4.78, 5) is 32.6. The van der Waals surface area contributed by atoms with E-state index >= 15 is 0 Å². The Kier molecular flexibility index (Phi) is 5.36. The van der Waals surface area contributed by atoms with Crippen molar-refractivity contribution in [1.82, 2.24) is 9.97 Å². The van der Waals surface area contributed by atoms with Gasteiger partial charge in [-0.3, -0.25) is 10.1 Å². The molecule has 1 aliphatic rings. The van der Waals surface area contributed by atoms with Gasteiger partial charge in [0.1, 0.15) is 11.5 Å². The molecular weight excluding hydrogens is 408 g/mol. The molecule has 4 aromatic rings. The lowest BCUT2D eigenvalue weighted by molar-refractivity contribution is -0.487. The van der Waals surface area contributed by atoms with Gasteiger partial charge in [0.15, 0.2) is 0 Å². The zero-order chi connectivity index (χ0) is 21.2. The number of benzene rings is 2. The summed E-state index contributed by atoms with van der Waals surface area (Å²) in [6, 6.07) is 15.3. The lowest BCUT2D eigenvalue weighted by Gasteiger charge is -2.05. The first-order chi connectivity index (χ1) is 15.2. The Morgan fingerprint density at radius 3 is 2.61 bits per heavy atom. The molecule has 7 heteroatoms. The summed E-state index contributed by atoms with van der Waals surface area (Å²) >= 11 is 1.49. The van der Waals surface area contributed by atoms with Crippen molar-refractivity contribution in [3.8, 4) is 11.4 Å². The number of quaternary nitrogens is 1. The van der Waals surface area contributed by atoms with Crippen molar-refractivity contribution < 1.29 is 14.9 Å². The number of hydrogen-bond donors (Lipinski definition) is 3. The van der Waals surface area contributed by atoms with Crippen LogP contribution in [0, 0.1) is 5.92 Å². The van der Waals surface area contributed by atoms with Gasteiger partial charge in [-0.15, -0.1) is 0 Å². The van der Waals surface area contributed by atoms with E-state index in [1.807, 2.05) is 53.2 Å². The van der Waals surface area contributed by atoms with Gasteiger partial charge in [-0.05, 0) is 54.6 Å². The number of amides is 2. The van der Waals surface area contributed by atoms with Gasteiger partial charge < -0.3 is 10.3 Å². The van der Waals surface area contributed by atoms with E-state index < -0.39 is 0 Å². The zero-order valence-electron chi connectivity index (χ0n) is 16.9. The number of thiophene rings is 1. The number of nitrogens with two attached hydrogens (primary N) is 1. The monoisotopic (exact) mass is 431 g/mol. The summed E-state index contributed by atoms with van der Waals surface area (Å²) in [7, 11) is 0. The Balaban J connectivity index is 1.30. The van der Waals surface area contributed by atoms with Crippen molar-refractivity contribution >= 4 is 45.6 Å². The lowest BCUT2D eigenvalue weighted by Crippen LogP contribution is -2.83. The third kappa shape index (κ3) is 4.28. The van der Waals surface area contributed by atoms with E-state index in [0.717, 1.165) is 53.8 Å². The van der Waals surface area contributed by atoms with Crippen LogP contribution in [-0.4, -0.2) is 21.8 Å². The maximum absolute atomic E-state index is 12.4. The predicted molar refractivity (Wildman–Crippen MR) is 122 cm³/mol. The van der Waals surface area contributed by atoms with Gasteiger partial charge in [0.25, 0.3) is 5.91 Å². The number of fused-ring (bicyclic) bond motifs is 1. The molecule has 0 unspecified atom stereocenters. The molecule has 1 fully saturated rings. The van der Waals surface area contributed by atoms with Crippen LogP contribution in [0.3, 0.4) is 0 Å². The SMILES string of the molecule is O=C(Nc1ccc2nc(-c3ccc([NH2+]C(=O)C4CCCC4)cc3)[nH]c2c1)c1ccsc1. The highest BCUT2D eigenvalue weighted by atomic mass is 32.1. The second kappa shape index (κ2) is 8.45. The van der Waals surface area contributed by atoms with Crippen molar-refractivity contribution in [3.05, 3.63) is 64.9 Å². The molecule has 4 N–H and O–H groups in total. The number of aromatic amines is 1. The van der Waals surface area contributed by atoms with E-state index in [4.69, 9.17) is 0 Å². The molecular formula is C24H23N4O2S+. The lowest BCUT2D eigenvalue weighted by atomic mass is 10.1. The minimum absolute atomic E-state index is 0.126. The molecule has 1 saturated carbocycles. The second-order valence-electron chi connectivity index (χ2n) is 7.93. The first-order valence-electron chi connectivity index (χ1n) is 10.5. The van der Waals surface area contributed by atoms with Crippen LogP contribution in [-0.2, 0) is 4.79 Å². The summed E-state index contributed by atoms with van der Waals surface area (Å²) < 4.78 is 0. The van der Waals surface area contributed by atoms with Crippen LogP contribution in [0.5, 0.6) is 0 Å². The number of aromatic nitrogens is 2. The predicted octanol–water partition coefficient (Wildman–Crippen LogP) is 4.46. The number of rotatable bonds is 5. The average molecular weight is 432 g/mol. The van der Waals surface area contributed by atoms with Crippen LogP contribution < -0.4 is 10.6 Å². The number of primary amides is 1. The van der Waals surface area contributed by atoms with Gasteiger partial charge >= 0.3 is 5.91 Å². The Morgan fingerprint density at radius 1 is 1.06 bits per heavy atom. The largest absolute Gasteiger partial charge is 0.338 e. The number of hydrogen-bond acceptors (Lipinski definition) is 4. The highest BCUT2D eigenvalue weighted by molar-refractivity contribution is 7.08. The fraction of sp³-hybridized carbons (Fsp3) is 0.208. The molecule has 2 amide bonds. The Bertz CT molecular complexity index is 1220. The molecule has 2 aromatic carbocycles. The summed E-state index contributed by atoms with van der Waals surface area (Å²) in [5, 5.41) is 8.39. The van der Waals surface area contributed by atoms with Gasteiger partial charge in [0, 0.05) is 28.8 Å². The Morgan fingerprint density at radius 2 is 1.87 bits per heavy atom. The standard InChI is InChI=1S/C24H22N4O2S/c29-23(16-3-1-2-4-16)25-18-7-5-15(6-8-18)22-27-20-10-9-19(13-21(20)28-22)26-24(30)17-11-12-31-14-17/h5-14,16H,1-4H2,(H,25,29)(H,26,30)(H,27,28)/p+1. The van der Waals surface area contributed by atoms with Crippen LogP contribution in [0.15, 0.2) is 59.3 Å². The fourth-order valence-electron chi connectivity index (χ4n) is 4.05. The average Bonchev–Trinajstić information content (AvgIpc) is 3.55. The van der Waals surface area contributed by atoms with Crippen LogP contribution in [0.25, 0.3) is 22.4 Å². The summed E-state index contributed by atoms with van der Waals surface area (Å²) in [5.41, 5.74) is 4.93. The molecule has 0 aliphatic heterocycles. The van der Waals surface area contributed by atoms with Crippen molar-refractivity contribution in [3.63, 3.8) is 0 Å². The molecule has 6 nitrogen and oxygen atoms in total. The molecule has 1 aliphatic carbocycles. The molecule has 0 saturated heterocycles. The molecule has 2 aromatic heterocycles. The summed E-state index contributed by atoms with van der Waals surface area (Å²) in [5.74, 6) is 1.07. The van der Waals surface area contributed by atoms with Crippen LogP contribution in [0.2, 0.25) is 0 Å². The van der Waals surface area contributed by atoms with Gasteiger partial charge in [-0.2, -0.15) is 11.3 Å². The fourth-order valence-corrected chi connectivity index (χ4v) is 4.69. The van der Waals surface area contributed by atoms with E-state index in [1.165, 1.54) is 11.3 Å². The number of carbonyl (C=O) groups is 2. The number of carbonyl (C=O) groups excluding carboxylic acids is 2. The quantitative estimate of drug-likeness (QED) is 0.408.